The summed E-state index contributed by atoms with van der Waals surface area (Å²) in [5, 5.41) is 19.2. The van der Waals surface area contributed by atoms with Crippen molar-refractivity contribution in [2.45, 2.75) is 0 Å². The predicted octanol–water partition coefficient (Wildman–Crippen LogP) is 2.29. The molecular weight excluding hydrogens is 194 g/mol. The van der Waals surface area contributed by atoms with Crippen LogP contribution in [0.4, 0.5) is 0 Å². The van der Waals surface area contributed by atoms with E-state index in [4.69, 9.17) is 16.7 Å². The van der Waals surface area contributed by atoms with E-state index in [1.165, 1.54) is 24.3 Å². The average Bonchev–Trinajstić information content (AvgIpc) is 2.07. The lowest BCUT2D eigenvalue weighted by atomic mass is 10.2. The molecule has 13 heavy (non-hydrogen) atoms. The summed E-state index contributed by atoms with van der Waals surface area (Å²) >= 11 is 5.58. The largest absolute Gasteiger partial charge is 0.506 e. The zero-order chi connectivity index (χ0) is 9.84. The third-order valence-electron chi connectivity index (χ3n) is 1.36. The molecule has 0 amide bonds. The number of nitrogens with zero attached hydrogens (tertiary/aromatic N) is 1. The fourth-order valence-corrected chi connectivity index (χ4v) is 0.963. The van der Waals surface area contributed by atoms with Gasteiger partial charge in [-0.1, -0.05) is 17.7 Å². The van der Waals surface area contributed by atoms with Gasteiger partial charge in [0.2, 0.25) is 6.20 Å². The molecule has 0 radical (unpaired) electrons. The van der Waals surface area contributed by atoms with Crippen LogP contribution in [0.1, 0.15) is 5.56 Å². The number of aromatic hydroxyl groups is 1. The topological polar surface area (TPSA) is 63.4 Å². The third-order valence-corrected chi connectivity index (χ3v) is 1.66. The second kappa shape index (κ2) is 3.91. The van der Waals surface area contributed by atoms with Crippen LogP contribution in [0.2, 0.25) is 5.02 Å². The molecule has 1 rings (SSSR count). The number of phenolic OH excluding ortho intramolecular Hbond substituents is 1. The maximum absolute atomic E-state index is 9.96. The van der Waals surface area contributed by atoms with Crippen LogP contribution in [-0.4, -0.2) is 10.0 Å². The van der Waals surface area contributed by atoms with Gasteiger partial charge in [-0.25, -0.2) is 0 Å². The lowest BCUT2D eigenvalue weighted by molar-refractivity contribution is -0.400. The van der Waals surface area contributed by atoms with Crippen LogP contribution in [0.3, 0.4) is 0 Å². The lowest BCUT2D eigenvalue weighted by Crippen LogP contribution is -1.82. The van der Waals surface area contributed by atoms with Crippen molar-refractivity contribution in [3.63, 3.8) is 0 Å². The number of rotatable bonds is 2. The second-order valence-corrected chi connectivity index (χ2v) is 2.72. The van der Waals surface area contributed by atoms with E-state index in [0.717, 1.165) is 6.20 Å². The number of phenols is 1. The first-order valence-corrected chi connectivity index (χ1v) is 3.77. The Morgan fingerprint density at radius 1 is 1.54 bits per heavy atom. The number of hydrogen-bond donors (Lipinski definition) is 1. The molecule has 0 aliphatic heterocycles. The SMILES string of the molecule is O=[N+]([O-])C=Cc1ccc(O)c(Cl)c1. The van der Waals surface area contributed by atoms with Gasteiger partial charge in [0.25, 0.3) is 0 Å². The van der Waals surface area contributed by atoms with E-state index in [0.29, 0.717) is 5.56 Å². The fourth-order valence-electron chi connectivity index (χ4n) is 0.774. The van der Waals surface area contributed by atoms with Gasteiger partial charge in [-0.2, -0.15) is 0 Å². The Kier molecular flexibility index (Phi) is 2.87. The van der Waals surface area contributed by atoms with Crippen LogP contribution >= 0.6 is 11.6 Å². The minimum atomic E-state index is -0.569. The molecular formula is C8H6ClNO3. The smallest absolute Gasteiger partial charge is 0.235 e. The normalized spacial score (nSPS) is 10.5. The Balaban J connectivity index is 2.92. The Bertz CT molecular complexity index is 362. The highest BCUT2D eigenvalue weighted by molar-refractivity contribution is 6.32. The molecule has 0 heterocycles. The van der Waals surface area contributed by atoms with Crippen LogP contribution < -0.4 is 0 Å². The van der Waals surface area contributed by atoms with Crippen molar-refractivity contribution in [2.24, 2.45) is 0 Å². The molecule has 0 unspecified atom stereocenters. The summed E-state index contributed by atoms with van der Waals surface area (Å²) in [6.07, 6.45) is 2.11. The maximum Gasteiger partial charge on any atom is 0.235 e. The van der Waals surface area contributed by atoms with Crippen LogP contribution in [-0.2, 0) is 0 Å². The predicted molar refractivity (Wildman–Crippen MR) is 49.1 cm³/mol. The molecule has 0 atom stereocenters. The zero-order valence-electron chi connectivity index (χ0n) is 6.48. The summed E-state index contributed by atoms with van der Waals surface area (Å²) in [7, 11) is 0. The molecule has 0 aliphatic rings. The summed E-state index contributed by atoms with van der Waals surface area (Å²) in [4.78, 5) is 9.39. The van der Waals surface area contributed by atoms with Gasteiger partial charge in [0, 0.05) is 6.08 Å². The Hall–Kier alpha value is -1.55. The van der Waals surface area contributed by atoms with Gasteiger partial charge < -0.3 is 5.11 Å². The molecule has 68 valence electrons. The summed E-state index contributed by atoms with van der Waals surface area (Å²) in [5.41, 5.74) is 0.569. The van der Waals surface area contributed by atoms with Crippen LogP contribution in [0, 0.1) is 10.1 Å². The highest BCUT2D eigenvalue weighted by atomic mass is 35.5. The van der Waals surface area contributed by atoms with Gasteiger partial charge in [0.15, 0.2) is 0 Å². The molecule has 0 bridgehead atoms. The number of halogens is 1. The van der Waals surface area contributed by atoms with Crippen molar-refractivity contribution in [3.05, 3.63) is 45.1 Å². The van der Waals surface area contributed by atoms with Crippen molar-refractivity contribution in [1.82, 2.24) is 0 Å². The first kappa shape index (κ1) is 9.54. The van der Waals surface area contributed by atoms with Crippen molar-refractivity contribution < 1.29 is 10.0 Å². The van der Waals surface area contributed by atoms with E-state index >= 15 is 0 Å². The average molecular weight is 200 g/mol. The van der Waals surface area contributed by atoms with Crippen LogP contribution in [0.5, 0.6) is 5.75 Å². The number of hydrogen-bond acceptors (Lipinski definition) is 3. The standard InChI is InChI=1S/C8H6ClNO3/c9-7-5-6(1-2-8(7)11)3-4-10(12)13/h1-5,11H. The molecule has 1 aromatic carbocycles. The molecule has 1 N–H and O–H groups in total. The molecule has 0 aliphatic carbocycles. The highest BCUT2D eigenvalue weighted by Gasteiger charge is 1.97. The Labute approximate surface area is 79.2 Å². The van der Waals surface area contributed by atoms with Gasteiger partial charge in [0.1, 0.15) is 5.75 Å². The molecule has 0 saturated carbocycles. The van der Waals surface area contributed by atoms with Gasteiger partial charge in [-0.3, -0.25) is 10.1 Å². The number of nitro groups is 1. The maximum atomic E-state index is 9.96. The van der Waals surface area contributed by atoms with Gasteiger partial charge in [-0.05, 0) is 17.7 Å². The van der Waals surface area contributed by atoms with E-state index < -0.39 is 4.92 Å². The van der Waals surface area contributed by atoms with Gasteiger partial charge in [0.05, 0.1) is 9.95 Å². The quantitative estimate of drug-likeness (QED) is 0.587. The zero-order valence-corrected chi connectivity index (χ0v) is 7.23. The fraction of sp³-hybridized carbons (Fsp3) is 0. The lowest BCUT2D eigenvalue weighted by Gasteiger charge is -1.96. The summed E-state index contributed by atoms with van der Waals surface area (Å²) < 4.78 is 0. The molecule has 0 aromatic heterocycles. The van der Waals surface area contributed by atoms with Crippen molar-refractivity contribution >= 4 is 17.7 Å². The monoisotopic (exact) mass is 199 g/mol. The number of benzene rings is 1. The van der Waals surface area contributed by atoms with Crippen molar-refractivity contribution in [1.29, 1.82) is 0 Å². The first-order valence-electron chi connectivity index (χ1n) is 3.40. The van der Waals surface area contributed by atoms with E-state index in [9.17, 15) is 10.1 Å². The van der Waals surface area contributed by atoms with E-state index in [1.54, 1.807) is 0 Å². The van der Waals surface area contributed by atoms with E-state index in [2.05, 4.69) is 0 Å². The molecule has 4 nitrogen and oxygen atoms in total. The second-order valence-electron chi connectivity index (χ2n) is 2.31. The highest BCUT2D eigenvalue weighted by Crippen LogP contribution is 2.23. The van der Waals surface area contributed by atoms with Crippen molar-refractivity contribution in [3.8, 4) is 5.75 Å². The molecule has 5 heteroatoms. The Morgan fingerprint density at radius 3 is 2.77 bits per heavy atom. The molecule has 0 spiro atoms. The van der Waals surface area contributed by atoms with Crippen LogP contribution in [0.25, 0.3) is 6.08 Å². The van der Waals surface area contributed by atoms with E-state index in [-0.39, 0.29) is 10.8 Å². The molecule has 0 saturated heterocycles. The molecule has 0 fully saturated rings. The third kappa shape index (κ3) is 2.76. The van der Waals surface area contributed by atoms with Crippen LogP contribution in [0.15, 0.2) is 24.4 Å². The molecule has 1 aromatic rings. The summed E-state index contributed by atoms with van der Waals surface area (Å²) in [6, 6.07) is 4.35. The summed E-state index contributed by atoms with van der Waals surface area (Å²) in [6.45, 7) is 0. The summed E-state index contributed by atoms with van der Waals surface area (Å²) in [5.74, 6) is -0.0417. The first-order chi connectivity index (χ1) is 6.09. The van der Waals surface area contributed by atoms with Gasteiger partial charge >= 0.3 is 0 Å². The van der Waals surface area contributed by atoms with Gasteiger partial charge in [-0.15, -0.1) is 0 Å². The minimum absolute atomic E-state index is 0.0417. The van der Waals surface area contributed by atoms with E-state index in [1.807, 2.05) is 0 Å². The Morgan fingerprint density at radius 2 is 2.23 bits per heavy atom. The minimum Gasteiger partial charge on any atom is -0.506 e. The van der Waals surface area contributed by atoms with Crippen molar-refractivity contribution in [2.75, 3.05) is 0 Å².